The first-order valence-corrected chi connectivity index (χ1v) is 6.89. The zero-order valence-electron chi connectivity index (χ0n) is 9.44. The number of hydrogen-bond donors (Lipinski definition) is 1. The van der Waals surface area contributed by atoms with Crippen LogP contribution in [-0.4, -0.2) is 28.6 Å². The Balaban J connectivity index is 2.61. The third-order valence-electron chi connectivity index (χ3n) is 2.54. The SMILES string of the molecule is CCN(Cc1sccc1Br)C(C)CC(=O)O. The van der Waals surface area contributed by atoms with Gasteiger partial charge in [-0.3, -0.25) is 9.69 Å². The predicted octanol–water partition coefficient (Wildman–Crippen LogP) is 3.20. The molecule has 0 amide bonds. The average Bonchev–Trinajstić information content (AvgIpc) is 2.59. The summed E-state index contributed by atoms with van der Waals surface area (Å²) >= 11 is 5.18. The predicted molar refractivity (Wildman–Crippen MR) is 69.8 cm³/mol. The summed E-state index contributed by atoms with van der Waals surface area (Å²) in [6.45, 7) is 5.68. The van der Waals surface area contributed by atoms with Crippen molar-refractivity contribution in [2.24, 2.45) is 0 Å². The van der Waals surface area contributed by atoms with Crippen LogP contribution in [0.25, 0.3) is 0 Å². The molecule has 0 aliphatic heterocycles. The minimum Gasteiger partial charge on any atom is -0.481 e. The normalized spacial score (nSPS) is 13.0. The zero-order valence-corrected chi connectivity index (χ0v) is 11.8. The summed E-state index contributed by atoms with van der Waals surface area (Å²) in [6.07, 6.45) is 0.191. The quantitative estimate of drug-likeness (QED) is 0.877. The first-order valence-electron chi connectivity index (χ1n) is 5.22. The van der Waals surface area contributed by atoms with Crippen LogP contribution in [0.3, 0.4) is 0 Å². The molecule has 0 aromatic carbocycles. The molecule has 0 fully saturated rings. The second-order valence-electron chi connectivity index (χ2n) is 3.70. The number of aliphatic carboxylic acids is 1. The number of hydrogen-bond acceptors (Lipinski definition) is 3. The molecule has 0 saturated carbocycles. The van der Waals surface area contributed by atoms with Gasteiger partial charge in [0.2, 0.25) is 0 Å². The number of nitrogens with zero attached hydrogens (tertiary/aromatic N) is 1. The molecular weight excluding hydrogens is 290 g/mol. The van der Waals surface area contributed by atoms with E-state index >= 15 is 0 Å². The van der Waals surface area contributed by atoms with Gasteiger partial charge in [0.05, 0.1) is 6.42 Å². The molecule has 3 nitrogen and oxygen atoms in total. The molecule has 0 radical (unpaired) electrons. The monoisotopic (exact) mass is 305 g/mol. The Hall–Kier alpha value is -0.390. The van der Waals surface area contributed by atoms with Crippen molar-refractivity contribution >= 4 is 33.2 Å². The molecule has 0 aliphatic carbocycles. The van der Waals surface area contributed by atoms with Crippen molar-refractivity contribution in [2.45, 2.75) is 32.9 Å². The van der Waals surface area contributed by atoms with E-state index in [1.54, 1.807) is 11.3 Å². The number of halogens is 1. The first kappa shape index (κ1) is 13.7. The van der Waals surface area contributed by atoms with E-state index < -0.39 is 5.97 Å². The molecule has 16 heavy (non-hydrogen) atoms. The van der Waals surface area contributed by atoms with Crippen LogP contribution in [0, 0.1) is 0 Å². The lowest BCUT2D eigenvalue weighted by molar-refractivity contribution is -0.138. The Morgan fingerprint density at radius 1 is 1.69 bits per heavy atom. The molecule has 1 N–H and O–H groups in total. The van der Waals surface area contributed by atoms with E-state index in [0.29, 0.717) is 0 Å². The number of rotatable bonds is 6. The van der Waals surface area contributed by atoms with Crippen LogP contribution in [0.15, 0.2) is 15.9 Å². The summed E-state index contributed by atoms with van der Waals surface area (Å²) in [5, 5.41) is 10.8. The van der Waals surface area contributed by atoms with Crippen molar-refractivity contribution < 1.29 is 9.90 Å². The maximum atomic E-state index is 10.7. The number of carboxylic acids is 1. The summed E-state index contributed by atoms with van der Waals surface area (Å²) in [6, 6.07) is 2.09. The summed E-state index contributed by atoms with van der Waals surface area (Å²) < 4.78 is 1.11. The highest BCUT2D eigenvalue weighted by Crippen LogP contribution is 2.25. The molecule has 1 atom stereocenters. The van der Waals surface area contributed by atoms with E-state index in [-0.39, 0.29) is 12.5 Å². The van der Waals surface area contributed by atoms with Gasteiger partial charge in [0.15, 0.2) is 0 Å². The second-order valence-corrected chi connectivity index (χ2v) is 5.56. The topological polar surface area (TPSA) is 40.5 Å². The lowest BCUT2D eigenvalue weighted by Crippen LogP contribution is -2.33. The molecule has 0 spiro atoms. The number of carbonyl (C=O) groups is 1. The second kappa shape index (κ2) is 6.37. The maximum absolute atomic E-state index is 10.7. The van der Waals surface area contributed by atoms with Crippen LogP contribution < -0.4 is 0 Å². The lowest BCUT2D eigenvalue weighted by Gasteiger charge is -2.26. The fourth-order valence-corrected chi connectivity index (χ4v) is 3.09. The summed E-state index contributed by atoms with van der Waals surface area (Å²) in [7, 11) is 0. The van der Waals surface area contributed by atoms with E-state index in [1.165, 1.54) is 4.88 Å². The third-order valence-corrected chi connectivity index (χ3v) is 4.45. The Labute approximate surface area is 108 Å². The van der Waals surface area contributed by atoms with Crippen LogP contribution >= 0.6 is 27.3 Å². The molecule has 1 aromatic heterocycles. The average molecular weight is 306 g/mol. The highest BCUT2D eigenvalue weighted by molar-refractivity contribution is 9.10. The van der Waals surface area contributed by atoms with Gasteiger partial charge in [0.25, 0.3) is 0 Å². The number of thiophene rings is 1. The van der Waals surface area contributed by atoms with Gasteiger partial charge in [-0.1, -0.05) is 6.92 Å². The van der Waals surface area contributed by atoms with Crippen molar-refractivity contribution in [3.63, 3.8) is 0 Å². The highest BCUT2D eigenvalue weighted by Gasteiger charge is 2.16. The molecule has 1 aromatic rings. The van der Waals surface area contributed by atoms with Gasteiger partial charge < -0.3 is 5.11 Å². The van der Waals surface area contributed by atoms with E-state index in [4.69, 9.17) is 5.11 Å². The molecule has 1 heterocycles. The van der Waals surface area contributed by atoms with Gasteiger partial charge in [-0.2, -0.15) is 0 Å². The minimum absolute atomic E-state index is 0.0662. The van der Waals surface area contributed by atoms with Crippen LogP contribution in [0.2, 0.25) is 0 Å². The molecule has 0 saturated heterocycles. The van der Waals surface area contributed by atoms with Gasteiger partial charge in [0, 0.05) is 21.9 Å². The highest BCUT2D eigenvalue weighted by atomic mass is 79.9. The van der Waals surface area contributed by atoms with Gasteiger partial charge >= 0.3 is 5.97 Å². The van der Waals surface area contributed by atoms with Gasteiger partial charge in [-0.05, 0) is 40.8 Å². The molecule has 90 valence electrons. The standard InChI is InChI=1S/C11H16BrNO2S/c1-3-13(8(2)6-11(14)15)7-10-9(12)4-5-16-10/h4-5,8H,3,6-7H2,1-2H3,(H,14,15). The molecule has 0 bridgehead atoms. The van der Waals surface area contributed by atoms with Gasteiger partial charge in [0.1, 0.15) is 0 Å². The van der Waals surface area contributed by atoms with Gasteiger partial charge in [-0.15, -0.1) is 11.3 Å². The lowest BCUT2D eigenvalue weighted by atomic mass is 10.2. The fraction of sp³-hybridized carbons (Fsp3) is 0.545. The number of carboxylic acid groups (broad SMARTS) is 1. The largest absolute Gasteiger partial charge is 0.481 e. The Kier molecular flexibility index (Phi) is 5.44. The fourth-order valence-electron chi connectivity index (χ4n) is 1.58. The Morgan fingerprint density at radius 2 is 2.38 bits per heavy atom. The first-order chi connectivity index (χ1) is 7.54. The van der Waals surface area contributed by atoms with Crippen LogP contribution in [-0.2, 0) is 11.3 Å². The molecule has 5 heteroatoms. The molecule has 0 aliphatic rings. The molecular formula is C11H16BrNO2S. The van der Waals surface area contributed by atoms with E-state index in [0.717, 1.165) is 17.6 Å². The van der Waals surface area contributed by atoms with Crippen molar-refractivity contribution in [1.82, 2.24) is 4.90 Å². The van der Waals surface area contributed by atoms with Crippen molar-refractivity contribution in [3.05, 3.63) is 20.8 Å². The van der Waals surface area contributed by atoms with E-state index in [2.05, 4.69) is 27.8 Å². The summed E-state index contributed by atoms with van der Waals surface area (Å²) in [4.78, 5) is 14.1. The Bertz CT molecular complexity index is 354. The van der Waals surface area contributed by atoms with E-state index in [1.807, 2.05) is 18.4 Å². The Morgan fingerprint density at radius 3 is 2.81 bits per heavy atom. The van der Waals surface area contributed by atoms with Crippen LogP contribution in [0.4, 0.5) is 0 Å². The van der Waals surface area contributed by atoms with Gasteiger partial charge in [-0.25, -0.2) is 0 Å². The molecule has 1 unspecified atom stereocenters. The van der Waals surface area contributed by atoms with Crippen molar-refractivity contribution in [1.29, 1.82) is 0 Å². The maximum Gasteiger partial charge on any atom is 0.304 e. The van der Waals surface area contributed by atoms with Crippen LogP contribution in [0.1, 0.15) is 25.1 Å². The van der Waals surface area contributed by atoms with Crippen molar-refractivity contribution in [3.8, 4) is 0 Å². The third kappa shape index (κ3) is 3.88. The minimum atomic E-state index is -0.740. The smallest absolute Gasteiger partial charge is 0.304 e. The van der Waals surface area contributed by atoms with Crippen molar-refractivity contribution in [2.75, 3.05) is 6.54 Å². The van der Waals surface area contributed by atoms with E-state index in [9.17, 15) is 4.79 Å². The summed E-state index contributed by atoms with van der Waals surface area (Å²) in [5.74, 6) is -0.740. The zero-order chi connectivity index (χ0) is 12.1. The molecule has 1 rings (SSSR count). The summed E-state index contributed by atoms with van der Waals surface area (Å²) in [5.41, 5.74) is 0. The van der Waals surface area contributed by atoms with Crippen LogP contribution in [0.5, 0.6) is 0 Å².